The summed E-state index contributed by atoms with van der Waals surface area (Å²) in [6.45, 7) is 5.33. The second kappa shape index (κ2) is 23.2. The highest BCUT2D eigenvalue weighted by Crippen LogP contribution is 2.27. The minimum Gasteiger partial charge on any atom is -0.504 e. The van der Waals surface area contributed by atoms with Crippen LogP contribution in [0.4, 0.5) is 0 Å². The first-order valence-corrected chi connectivity index (χ1v) is 15.6. The number of methoxy groups -OCH3 is 2. The van der Waals surface area contributed by atoms with Crippen molar-refractivity contribution in [3.63, 3.8) is 0 Å². The smallest absolute Gasteiger partial charge is 0.220 e. The Labute approximate surface area is 253 Å². The Balaban J connectivity index is 0.000000420. The van der Waals surface area contributed by atoms with Crippen molar-refractivity contribution in [2.24, 2.45) is 0 Å². The van der Waals surface area contributed by atoms with Gasteiger partial charge in [-0.15, -0.1) is 0 Å². The molecule has 2 aromatic carbocycles. The fourth-order valence-electron chi connectivity index (χ4n) is 4.37. The normalized spacial score (nSPS) is 10.4. The second-order valence-corrected chi connectivity index (χ2v) is 10.6. The number of unbranched alkanes of at least 4 members (excludes halogenated alkanes) is 10. The average molecular weight is 587 g/mol. The molecule has 0 radical (unpaired) electrons. The van der Waals surface area contributed by atoms with Gasteiger partial charge in [-0.05, 0) is 48.2 Å². The third-order valence-electron chi connectivity index (χ3n) is 6.98. The van der Waals surface area contributed by atoms with E-state index in [-0.39, 0.29) is 23.3 Å². The highest BCUT2D eigenvalue weighted by molar-refractivity contribution is 5.76. The van der Waals surface area contributed by atoms with E-state index in [1.807, 2.05) is 0 Å². The molecule has 0 aliphatic rings. The number of amides is 2. The number of phenolic OH excluding ortho intramolecular Hbond substituents is 2. The minimum absolute atomic E-state index is 0.0810. The first-order valence-electron chi connectivity index (χ1n) is 15.6. The van der Waals surface area contributed by atoms with E-state index in [1.54, 1.807) is 36.4 Å². The van der Waals surface area contributed by atoms with Crippen LogP contribution in [0, 0.1) is 0 Å². The van der Waals surface area contributed by atoms with Crippen LogP contribution in [0.5, 0.6) is 23.0 Å². The Hall–Kier alpha value is -3.42. The number of benzene rings is 2. The molecule has 2 rings (SSSR count). The number of phenols is 2. The van der Waals surface area contributed by atoms with Crippen LogP contribution in [0.3, 0.4) is 0 Å². The van der Waals surface area contributed by atoms with Crippen LogP contribution in [0.15, 0.2) is 36.4 Å². The fraction of sp³-hybridized carbons (Fsp3) is 0.588. The summed E-state index contributed by atoms with van der Waals surface area (Å²) in [5.41, 5.74) is 1.84. The molecular weight excluding hydrogens is 532 g/mol. The van der Waals surface area contributed by atoms with Crippen LogP contribution in [0.25, 0.3) is 0 Å². The molecule has 0 aliphatic heterocycles. The average Bonchev–Trinajstić information content (AvgIpc) is 3.00. The van der Waals surface area contributed by atoms with Gasteiger partial charge >= 0.3 is 0 Å². The number of carbonyl (C=O) groups excluding carboxylic acids is 2. The van der Waals surface area contributed by atoms with Crippen LogP contribution in [-0.2, 0) is 22.7 Å². The molecule has 8 heteroatoms. The number of hydrogen-bond acceptors (Lipinski definition) is 6. The fourth-order valence-corrected chi connectivity index (χ4v) is 4.37. The van der Waals surface area contributed by atoms with Crippen molar-refractivity contribution in [2.45, 2.75) is 117 Å². The number of ether oxygens (including phenoxy) is 2. The van der Waals surface area contributed by atoms with E-state index in [0.29, 0.717) is 37.4 Å². The van der Waals surface area contributed by atoms with Crippen molar-refractivity contribution in [3.05, 3.63) is 47.5 Å². The number of hydrogen-bond donors (Lipinski definition) is 4. The third-order valence-corrected chi connectivity index (χ3v) is 6.98. The lowest BCUT2D eigenvalue weighted by Gasteiger charge is -2.08. The standard InChI is InChI=1S/2C17H27NO3/c2*1-3-4-5-6-7-8-9-17(20)18-13-14-10-11-15(19)16(12-14)21-2/h2*10-12,19H,3-9,13H2,1-2H3,(H,18,20). The zero-order chi connectivity index (χ0) is 31.0. The molecule has 236 valence electrons. The van der Waals surface area contributed by atoms with Crippen LogP contribution in [0.1, 0.15) is 115 Å². The molecule has 0 aliphatic carbocycles. The van der Waals surface area contributed by atoms with Crippen molar-refractivity contribution in [3.8, 4) is 23.0 Å². The van der Waals surface area contributed by atoms with Gasteiger partial charge in [-0.3, -0.25) is 9.59 Å². The van der Waals surface area contributed by atoms with E-state index in [4.69, 9.17) is 9.47 Å². The molecule has 0 unspecified atom stereocenters. The highest BCUT2D eigenvalue weighted by atomic mass is 16.5. The highest BCUT2D eigenvalue weighted by Gasteiger charge is 2.06. The van der Waals surface area contributed by atoms with E-state index >= 15 is 0 Å². The lowest BCUT2D eigenvalue weighted by molar-refractivity contribution is -0.122. The molecule has 2 aromatic rings. The van der Waals surface area contributed by atoms with Gasteiger partial charge in [0.1, 0.15) is 0 Å². The van der Waals surface area contributed by atoms with Gasteiger partial charge in [-0.1, -0.05) is 90.2 Å². The Morgan fingerprint density at radius 2 is 0.952 bits per heavy atom. The number of carbonyl (C=O) groups is 2. The first-order chi connectivity index (χ1) is 20.3. The summed E-state index contributed by atoms with van der Waals surface area (Å²) in [5.74, 6) is 1.24. The summed E-state index contributed by atoms with van der Waals surface area (Å²) in [6, 6.07) is 10.2. The van der Waals surface area contributed by atoms with Crippen LogP contribution >= 0.6 is 0 Å². The quantitative estimate of drug-likeness (QED) is 0.119. The zero-order valence-electron chi connectivity index (χ0n) is 26.3. The molecule has 0 saturated heterocycles. The van der Waals surface area contributed by atoms with Gasteiger partial charge in [0.2, 0.25) is 11.8 Å². The van der Waals surface area contributed by atoms with Crippen molar-refractivity contribution >= 4 is 11.8 Å². The summed E-state index contributed by atoms with van der Waals surface area (Å²) >= 11 is 0. The van der Waals surface area contributed by atoms with E-state index in [1.165, 1.54) is 65.6 Å². The molecular formula is C34H54N2O6. The molecule has 4 N–H and O–H groups in total. The maximum absolute atomic E-state index is 11.7. The van der Waals surface area contributed by atoms with Crippen LogP contribution in [-0.4, -0.2) is 36.2 Å². The Morgan fingerprint density at radius 1 is 0.595 bits per heavy atom. The monoisotopic (exact) mass is 586 g/mol. The molecule has 0 atom stereocenters. The topological polar surface area (TPSA) is 117 Å². The molecule has 0 fully saturated rings. The van der Waals surface area contributed by atoms with Gasteiger partial charge in [0.05, 0.1) is 14.2 Å². The Morgan fingerprint density at radius 3 is 1.31 bits per heavy atom. The third kappa shape index (κ3) is 16.7. The Bertz CT molecular complexity index is 946. The van der Waals surface area contributed by atoms with Gasteiger partial charge in [0.25, 0.3) is 0 Å². The van der Waals surface area contributed by atoms with Crippen molar-refractivity contribution in [1.82, 2.24) is 10.6 Å². The maximum Gasteiger partial charge on any atom is 0.220 e. The molecule has 42 heavy (non-hydrogen) atoms. The number of aromatic hydroxyl groups is 2. The summed E-state index contributed by atoms with van der Waals surface area (Å²) in [4.78, 5) is 23.5. The molecule has 2 amide bonds. The van der Waals surface area contributed by atoms with Crippen molar-refractivity contribution in [1.29, 1.82) is 0 Å². The molecule has 0 spiro atoms. The minimum atomic E-state index is 0.0810. The lowest BCUT2D eigenvalue weighted by Crippen LogP contribution is -2.22. The predicted molar refractivity (Wildman–Crippen MR) is 169 cm³/mol. The number of rotatable bonds is 20. The van der Waals surface area contributed by atoms with Gasteiger partial charge in [-0.25, -0.2) is 0 Å². The largest absolute Gasteiger partial charge is 0.504 e. The molecule has 0 heterocycles. The van der Waals surface area contributed by atoms with E-state index in [9.17, 15) is 19.8 Å². The molecule has 0 aromatic heterocycles. The lowest BCUT2D eigenvalue weighted by atomic mass is 10.1. The molecule has 0 bridgehead atoms. The van der Waals surface area contributed by atoms with Crippen molar-refractivity contribution in [2.75, 3.05) is 14.2 Å². The Kier molecular flexibility index (Phi) is 20.2. The maximum atomic E-state index is 11.7. The van der Waals surface area contributed by atoms with Crippen LogP contribution in [0.2, 0.25) is 0 Å². The van der Waals surface area contributed by atoms with Crippen LogP contribution < -0.4 is 20.1 Å². The SMILES string of the molecule is CCCCCCCCC(=O)NCc1ccc(O)c(OC)c1.CCCCCCCCC(=O)NCc1ccc(O)c(OC)c1. The van der Waals surface area contributed by atoms with Gasteiger partial charge < -0.3 is 30.3 Å². The summed E-state index contributed by atoms with van der Waals surface area (Å²) in [5, 5.41) is 24.8. The summed E-state index contributed by atoms with van der Waals surface area (Å²) in [7, 11) is 3.02. The van der Waals surface area contributed by atoms with E-state index in [0.717, 1.165) is 36.8 Å². The zero-order valence-corrected chi connectivity index (χ0v) is 26.3. The summed E-state index contributed by atoms with van der Waals surface area (Å²) in [6.07, 6.45) is 15.4. The van der Waals surface area contributed by atoms with Gasteiger partial charge in [-0.2, -0.15) is 0 Å². The first kappa shape index (κ1) is 36.6. The van der Waals surface area contributed by atoms with E-state index < -0.39 is 0 Å². The van der Waals surface area contributed by atoms with Crippen molar-refractivity contribution < 1.29 is 29.3 Å². The molecule has 8 nitrogen and oxygen atoms in total. The summed E-state index contributed by atoms with van der Waals surface area (Å²) < 4.78 is 10.1. The van der Waals surface area contributed by atoms with Gasteiger partial charge in [0, 0.05) is 25.9 Å². The van der Waals surface area contributed by atoms with Gasteiger partial charge in [0.15, 0.2) is 23.0 Å². The molecule has 0 saturated carbocycles. The van der Waals surface area contributed by atoms with E-state index in [2.05, 4.69) is 24.5 Å². The predicted octanol–water partition coefficient (Wildman–Crippen LogP) is 7.54. The second-order valence-electron chi connectivity index (χ2n) is 10.6. The number of nitrogens with one attached hydrogen (secondary N) is 2.